The van der Waals surface area contributed by atoms with Crippen LogP contribution in [0, 0.1) is 0 Å². The van der Waals surface area contributed by atoms with Crippen molar-refractivity contribution in [3.63, 3.8) is 0 Å². The Balaban J connectivity index is 0.000000422. The van der Waals surface area contributed by atoms with Crippen LogP contribution in [-0.2, 0) is 4.57 Å². The van der Waals surface area contributed by atoms with Gasteiger partial charge in [0.2, 0.25) is 0 Å². The summed E-state index contributed by atoms with van der Waals surface area (Å²) in [7, 11) is -4.64. The second-order valence-corrected chi connectivity index (χ2v) is 5.06. The summed E-state index contributed by atoms with van der Waals surface area (Å²) in [5.41, 5.74) is 0.938. The Morgan fingerprint density at radius 1 is 0.727 bits per heavy atom. The van der Waals surface area contributed by atoms with E-state index in [4.69, 9.17) is 19.2 Å². The van der Waals surface area contributed by atoms with Gasteiger partial charge in [-0.1, -0.05) is 36.4 Å². The van der Waals surface area contributed by atoms with Gasteiger partial charge in [0, 0.05) is 11.1 Å². The Bertz CT molecular complexity index is 610. The van der Waals surface area contributed by atoms with Crippen molar-refractivity contribution in [2.75, 3.05) is 0 Å². The first-order valence-electron chi connectivity index (χ1n) is 6.01. The summed E-state index contributed by atoms with van der Waals surface area (Å²) < 4.78 is 8.88. The number of rotatable bonds is 2. The standard InChI is InChI=1S/C14H11NO2.H3O4P/c16-13(11-7-3-1-4-8-11)15-14(17)12-9-5-2-6-10-12;1-5(2,3)4/h1-10H,(H,15,16,17);(H3,1,2,3,4). The molecule has 0 radical (unpaired) electrons. The number of amides is 2. The molecule has 0 bridgehead atoms. The molecular weight excluding hydrogens is 309 g/mol. The molecule has 0 aliphatic rings. The lowest BCUT2D eigenvalue weighted by Crippen LogP contribution is -2.30. The van der Waals surface area contributed by atoms with Crippen molar-refractivity contribution in [1.82, 2.24) is 5.32 Å². The average molecular weight is 323 g/mol. The Morgan fingerprint density at radius 3 is 1.27 bits per heavy atom. The topological polar surface area (TPSA) is 124 Å². The highest BCUT2D eigenvalue weighted by molar-refractivity contribution is 7.45. The Morgan fingerprint density at radius 2 is 1.00 bits per heavy atom. The number of hydrogen-bond acceptors (Lipinski definition) is 3. The van der Waals surface area contributed by atoms with Gasteiger partial charge < -0.3 is 14.7 Å². The molecule has 0 atom stereocenters. The van der Waals surface area contributed by atoms with Gasteiger partial charge in [-0.3, -0.25) is 14.9 Å². The largest absolute Gasteiger partial charge is 0.466 e. The molecule has 0 heterocycles. The zero-order valence-corrected chi connectivity index (χ0v) is 12.2. The van der Waals surface area contributed by atoms with Gasteiger partial charge in [-0.25, -0.2) is 4.57 Å². The lowest BCUT2D eigenvalue weighted by molar-refractivity contribution is 0.0849. The molecule has 0 aliphatic carbocycles. The number of nitrogens with one attached hydrogen (secondary N) is 1. The monoisotopic (exact) mass is 323 g/mol. The van der Waals surface area contributed by atoms with Crippen LogP contribution in [0.25, 0.3) is 0 Å². The Hall–Kier alpha value is -2.31. The first-order chi connectivity index (χ1) is 10.3. The third-order valence-corrected chi connectivity index (χ3v) is 2.30. The molecule has 2 rings (SSSR count). The number of imide groups is 1. The molecule has 22 heavy (non-hydrogen) atoms. The highest BCUT2D eigenvalue weighted by atomic mass is 31.2. The minimum Gasteiger partial charge on any atom is -0.303 e. The fourth-order valence-electron chi connectivity index (χ4n) is 1.43. The first-order valence-corrected chi connectivity index (χ1v) is 7.58. The molecule has 0 fully saturated rings. The maximum Gasteiger partial charge on any atom is 0.466 e. The number of carbonyl (C=O) groups excluding carboxylic acids is 2. The minimum atomic E-state index is -4.64. The Kier molecular flexibility index (Phi) is 6.62. The number of phosphoric acid groups is 1. The van der Waals surface area contributed by atoms with E-state index >= 15 is 0 Å². The minimum absolute atomic E-state index is 0.389. The fourth-order valence-corrected chi connectivity index (χ4v) is 1.43. The molecule has 0 saturated carbocycles. The molecule has 2 aromatic rings. The summed E-state index contributed by atoms with van der Waals surface area (Å²) in [6, 6.07) is 17.3. The number of benzene rings is 2. The maximum atomic E-state index is 11.7. The molecule has 0 unspecified atom stereocenters. The molecule has 116 valence electrons. The zero-order valence-electron chi connectivity index (χ0n) is 11.3. The molecule has 0 aliphatic heterocycles. The molecule has 0 spiro atoms. The van der Waals surface area contributed by atoms with E-state index in [0.717, 1.165) is 0 Å². The van der Waals surface area contributed by atoms with Crippen LogP contribution in [0.1, 0.15) is 20.7 Å². The number of hydrogen-bond donors (Lipinski definition) is 4. The van der Waals surface area contributed by atoms with Crippen LogP contribution in [0.15, 0.2) is 60.7 Å². The van der Waals surface area contributed by atoms with Crippen molar-refractivity contribution >= 4 is 19.6 Å². The van der Waals surface area contributed by atoms with E-state index in [0.29, 0.717) is 11.1 Å². The number of carbonyl (C=O) groups is 2. The summed E-state index contributed by atoms with van der Waals surface area (Å²) in [4.78, 5) is 45.0. The molecule has 7 nitrogen and oxygen atoms in total. The van der Waals surface area contributed by atoms with Crippen LogP contribution < -0.4 is 5.32 Å². The SMILES string of the molecule is O=C(NC(=O)c1ccccc1)c1ccccc1.O=P(O)(O)O. The van der Waals surface area contributed by atoms with E-state index in [9.17, 15) is 9.59 Å². The quantitative estimate of drug-likeness (QED) is 0.488. The third kappa shape index (κ3) is 7.47. The van der Waals surface area contributed by atoms with E-state index in [-0.39, 0.29) is 11.8 Å². The first kappa shape index (κ1) is 17.7. The van der Waals surface area contributed by atoms with E-state index in [1.807, 2.05) is 12.1 Å². The molecule has 8 heteroatoms. The molecule has 2 aromatic carbocycles. The lowest BCUT2D eigenvalue weighted by Gasteiger charge is -2.03. The van der Waals surface area contributed by atoms with Crippen LogP contribution in [0.3, 0.4) is 0 Å². The average Bonchev–Trinajstić information content (AvgIpc) is 2.47. The van der Waals surface area contributed by atoms with Crippen molar-refractivity contribution in [3.8, 4) is 0 Å². The van der Waals surface area contributed by atoms with Gasteiger partial charge in [0.15, 0.2) is 0 Å². The Labute approximate surface area is 126 Å². The van der Waals surface area contributed by atoms with Gasteiger partial charge in [-0.15, -0.1) is 0 Å². The fraction of sp³-hybridized carbons (Fsp3) is 0. The van der Waals surface area contributed by atoms with Gasteiger partial charge in [0.1, 0.15) is 0 Å². The van der Waals surface area contributed by atoms with Crippen LogP contribution in [0.4, 0.5) is 0 Å². The molecular formula is C14H14NO6P. The van der Waals surface area contributed by atoms with Gasteiger partial charge in [-0.2, -0.15) is 0 Å². The summed E-state index contributed by atoms with van der Waals surface area (Å²) >= 11 is 0. The highest BCUT2D eigenvalue weighted by Crippen LogP contribution is 2.25. The van der Waals surface area contributed by atoms with Crippen LogP contribution in [0.2, 0.25) is 0 Å². The van der Waals surface area contributed by atoms with Crippen molar-refractivity contribution in [3.05, 3.63) is 71.8 Å². The molecule has 2 amide bonds. The highest BCUT2D eigenvalue weighted by Gasteiger charge is 2.10. The normalized spacial score (nSPS) is 10.1. The van der Waals surface area contributed by atoms with Crippen molar-refractivity contribution < 1.29 is 28.8 Å². The van der Waals surface area contributed by atoms with Gasteiger partial charge in [0.25, 0.3) is 11.8 Å². The van der Waals surface area contributed by atoms with E-state index in [1.165, 1.54) is 0 Å². The van der Waals surface area contributed by atoms with Crippen molar-refractivity contribution in [2.24, 2.45) is 0 Å². The second kappa shape index (κ2) is 8.21. The lowest BCUT2D eigenvalue weighted by atomic mass is 10.2. The molecule has 0 saturated heterocycles. The van der Waals surface area contributed by atoms with Gasteiger partial charge in [0.05, 0.1) is 0 Å². The maximum absolute atomic E-state index is 11.7. The second-order valence-electron chi connectivity index (χ2n) is 4.03. The zero-order chi connectivity index (χ0) is 16.6. The van der Waals surface area contributed by atoms with E-state index in [1.54, 1.807) is 48.5 Å². The summed E-state index contributed by atoms with van der Waals surface area (Å²) in [6.45, 7) is 0. The van der Waals surface area contributed by atoms with Crippen LogP contribution in [-0.4, -0.2) is 26.5 Å². The van der Waals surface area contributed by atoms with Crippen molar-refractivity contribution in [2.45, 2.75) is 0 Å². The van der Waals surface area contributed by atoms with Crippen LogP contribution in [0.5, 0.6) is 0 Å². The third-order valence-electron chi connectivity index (χ3n) is 2.30. The van der Waals surface area contributed by atoms with Gasteiger partial charge in [-0.05, 0) is 24.3 Å². The summed E-state index contributed by atoms with van der Waals surface area (Å²) in [5.74, 6) is -0.779. The molecule has 4 N–H and O–H groups in total. The van der Waals surface area contributed by atoms with Gasteiger partial charge >= 0.3 is 7.82 Å². The predicted molar refractivity (Wildman–Crippen MR) is 78.9 cm³/mol. The summed E-state index contributed by atoms with van der Waals surface area (Å²) in [6.07, 6.45) is 0. The molecule has 0 aromatic heterocycles. The predicted octanol–water partition coefficient (Wildman–Crippen LogP) is 1.33. The van der Waals surface area contributed by atoms with Crippen molar-refractivity contribution in [1.29, 1.82) is 0 Å². The summed E-state index contributed by atoms with van der Waals surface area (Å²) in [5, 5.41) is 2.33. The van der Waals surface area contributed by atoms with E-state index in [2.05, 4.69) is 5.32 Å². The van der Waals surface area contributed by atoms with E-state index < -0.39 is 7.82 Å². The van der Waals surface area contributed by atoms with Crippen LogP contribution >= 0.6 is 7.82 Å². The smallest absolute Gasteiger partial charge is 0.303 e.